The highest BCUT2D eigenvalue weighted by molar-refractivity contribution is 4.62. The van der Waals surface area contributed by atoms with Crippen molar-refractivity contribution in [3.63, 3.8) is 0 Å². The summed E-state index contributed by atoms with van der Waals surface area (Å²) in [6, 6.07) is 0. The number of hydrogen-bond acceptors (Lipinski definition) is 4. The lowest BCUT2D eigenvalue weighted by atomic mass is 10.4. The molecule has 0 aliphatic carbocycles. The summed E-state index contributed by atoms with van der Waals surface area (Å²) < 4.78 is 0. The van der Waals surface area contributed by atoms with E-state index in [0.29, 0.717) is 0 Å². The summed E-state index contributed by atoms with van der Waals surface area (Å²) in [5.41, 5.74) is 0. The maximum atomic E-state index is 3.38. The zero-order chi connectivity index (χ0) is 12.1. The van der Waals surface area contributed by atoms with Gasteiger partial charge in [-0.25, -0.2) is 0 Å². The van der Waals surface area contributed by atoms with E-state index >= 15 is 0 Å². The molecule has 98 valence electrons. The van der Waals surface area contributed by atoms with Crippen molar-refractivity contribution in [1.82, 2.24) is 20.9 Å². The molecular weight excluding hydrogens is 200 g/mol. The van der Waals surface area contributed by atoms with E-state index in [1.165, 1.54) is 0 Å². The monoisotopic (exact) mass is 230 g/mol. The van der Waals surface area contributed by atoms with Crippen LogP contribution in [0, 0.1) is 0 Å². The molecule has 0 aliphatic heterocycles. The third-order valence-corrected chi connectivity index (χ3v) is 2.56. The van der Waals surface area contributed by atoms with Crippen LogP contribution in [0.1, 0.15) is 20.8 Å². The van der Waals surface area contributed by atoms with Crippen LogP contribution in [0.15, 0.2) is 0 Å². The van der Waals surface area contributed by atoms with Crippen LogP contribution < -0.4 is 16.0 Å². The summed E-state index contributed by atoms with van der Waals surface area (Å²) in [4.78, 5) is 2.51. The fourth-order valence-corrected chi connectivity index (χ4v) is 1.58. The van der Waals surface area contributed by atoms with Crippen molar-refractivity contribution in [2.24, 2.45) is 0 Å². The summed E-state index contributed by atoms with van der Waals surface area (Å²) in [5.74, 6) is 0. The predicted octanol–water partition coefficient (Wildman–Crippen LogP) is 0.117. The molecule has 16 heavy (non-hydrogen) atoms. The highest BCUT2D eigenvalue weighted by Gasteiger charge is 2.02. The minimum Gasteiger partial charge on any atom is -0.316 e. The zero-order valence-electron chi connectivity index (χ0n) is 11.3. The molecule has 0 aromatic heterocycles. The minimum atomic E-state index is 1.06. The molecule has 3 N–H and O–H groups in total. The normalized spacial score (nSPS) is 11.2. The van der Waals surface area contributed by atoms with E-state index in [2.05, 4.69) is 41.6 Å². The summed E-state index contributed by atoms with van der Waals surface area (Å²) in [6.45, 7) is 16.4. The highest BCUT2D eigenvalue weighted by atomic mass is 15.2. The van der Waals surface area contributed by atoms with Crippen LogP contribution in [0.25, 0.3) is 0 Å². The average Bonchev–Trinajstić information content (AvgIpc) is 2.29. The van der Waals surface area contributed by atoms with Crippen LogP contribution in [0.3, 0.4) is 0 Å². The Bertz CT molecular complexity index is 106. The van der Waals surface area contributed by atoms with Gasteiger partial charge in [-0.15, -0.1) is 0 Å². The van der Waals surface area contributed by atoms with Crippen molar-refractivity contribution in [3.05, 3.63) is 0 Å². The molecule has 0 atom stereocenters. The molecule has 0 heterocycles. The molecule has 0 fully saturated rings. The van der Waals surface area contributed by atoms with E-state index in [1.807, 2.05) is 0 Å². The van der Waals surface area contributed by atoms with Gasteiger partial charge in [-0.3, -0.25) is 4.90 Å². The summed E-state index contributed by atoms with van der Waals surface area (Å²) in [5, 5.41) is 10.1. The molecule has 0 amide bonds. The Morgan fingerprint density at radius 2 is 0.938 bits per heavy atom. The van der Waals surface area contributed by atoms with E-state index in [9.17, 15) is 0 Å². The largest absolute Gasteiger partial charge is 0.316 e. The lowest BCUT2D eigenvalue weighted by Gasteiger charge is -2.22. The Labute approximate surface area is 101 Å². The van der Waals surface area contributed by atoms with Gasteiger partial charge in [-0.05, 0) is 19.6 Å². The van der Waals surface area contributed by atoms with Gasteiger partial charge in [0.05, 0.1) is 0 Å². The molecule has 0 saturated carbocycles. The third-order valence-electron chi connectivity index (χ3n) is 2.56. The van der Waals surface area contributed by atoms with Crippen molar-refractivity contribution in [2.45, 2.75) is 20.8 Å². The van der Waals surface area contributed by atoms with E-state index < -0.39 is 0 Å². The Balaban J connectivity index is 3.58. The van der Waals surface area contributed by atoms with Gasteiger partial charge in [-0.2, -0.15) is 0 Å². The highest BCUT2D eigenvalue weighted by Crippen LogP contribution is 1.85. The van der Waals surface area contributed by atoms with Gasteiger partial charge in [0.1, 0.15) is 0 Å². The van der Waals surface area contributed by atoms with Gasteiger partial charge in [0, 0.05) is 39.3 Å². The van der Waals surface area contributed by atoms with E-state index in [4.69, 9.17) is 0 Å². The second kappa shape index (κ2) is 12.9. The molecular formula is C12H30N4. The summed E-state index contributed by atoms with van der Waals surface area (Å²) >= 11 is 0. The Morgan fingerprint density at radius 3 is 1.19 bits per heavy atom. The molecule has 0 unspecified atom stereocenters. The molecule has 4 nitrogen and oxygen atoms in total. The van der Waals surface area contributed by atoms with Gasteiger partial charge in [0.2, 0.25) is 0 Å². The van der Waals surface area contributed by atoms with Gasteiger partial charge in [0.25, 0.3) is 0 Å². The van der Waals surface area contributed by atoms with Gasteiger partial charge >= 0.3 is 0 Å². The maximum Gasteiger partial charge on any atom is 0.0108 e. The van der Waals surface area contributed by atoms with Crippen LogP contribution in [0.2, 0.25) is 0 Å². The lowest BCUT2D eigenvalue weighted by molar-refractivity contribution is 0.274. The van der Waals surface area contributed by atoms with E-state index in [0.717, 1.165) is 58.9 Å². The Hall–Kier alpha value is -0.160. The van der Waals surface area contributed by atoms with Crippen molar-refractivity contribution < 1.29 is 0 Å². The van der Waals surface area contributed by atoms with Crippen molar-refractivity contribution >= 4 is 0 Å². The van der Waals surface area contributed by atoms with E-state index in [1.54, 1.807) is 0 Å². The van der Waals surface area contributed by atoms with Crippen LogP contribution >= 0.6 is 0 Å². The Kier molecular flexibility index (Phi) is 12.8. The first kappa shape index (κ1) is 15.8. The fourth-order valence-electron chi connectivity index (χ4n) is 1.58. The number of likely N-dealkylation sites (N-methyl/N-ethyl adjacent to an activating group) is 3. The number of hydrogen-bond donors (Lipinski definition) is 3. The Morgan fingerprint density at radius 1 is 0.625 bits per heavy atom. The third kappa shape index (κ3) is 10.4. The minimum absolute atomic E-state index is 1.06. The standard InChI is InChI=1S/C12H30N4/c1-4-13-7-10-16(11-8-14-5-2)12-9-15-6-3/h13-15H,4-12H2,1-3H3. The molecule has 0 rings (SSSR count). The SMILES string of the molecule is CCNCCN(CCNCC)CCNCC. The maximum absolute atomic E-state index is 3.38. The van der Waals surface area contributed by atoms with E-state index in [-0.39, 0.29) is 0 Å². The quantitative estimate of drug-likeness (QED) is 0.416. The van der Waals surface area contributed by atoms with Crippen molar-refractivity contribution in [3.8, 4) is 0 Å². The smallest absolute Gasteiger partial charge is 0.0108 e. The van der Waals surface area contributed by atoms with Gasteiger partial charge in [-0.1, -0.05) is 20.8 Å². The van der Waals surface area contributed by atoms with Gasteiger partial charge < -0.3 is 16.0 Å². The van der Waals surface area contributed by atoms with Crippen LogP contribution in [0.5, 0.6) is 0 Å². The second-order valence-corrected chi connectivity index (χ2v) is 3.90. The van der Waals surface area contributed by atoms with Crippen LogP contribution in [-0.2, 0) is 0 Å². The fraction of sp³-hybridized carbons (Fsp3) is 1.00. The summed E-state index contributed by atoms with van der Waals surface area (Å²) in [7, 11) is 0. The predicted molar refractivity (Wildman–Crippen MR) is 72.1 cm³/mol. The molecule has 4 heteroatoms. The van der Waals surface area contributed by atoms with Crippen LogP contribution in [0.4, 0.5) is 0 Å². The molecule has 0 aromatic rings. The molecule has 0 spiro atoms. The summed E-state index contributed by atoms with van der Waals surface area (Å²) in [6.07, 6.45) is 0. The first-order valence-corrected chi connectivity index (χ1v) is 6.69. The number of nitrogens with one attached hydrogen (secondary N) is 3. The van der Waals surface area contributed by atoms with Gasteiger partial charge in [0.15, 0.2) is 0 Å². The first-order valence-electron chi connectivity index (χ1n) is 6.69. The zero-order valence-corrected chi connectivity index (χ0v) is 11.3. The molecule has 0 radical (unpaired) electrons. The topological polar surface area (TPSA) is 39.3 Å². The average molecular weight is 230 g/mol. The second-order valence-electron chi connectivity index (χ2n) is 3.90. The molecule has 0 saturated heterocycles. The lowest BCUT2D eigenvalue weighted by Crippen LogP contribution is -2.40. The molecule has 0 bridgehead atoms. The number of nitrogens with zero attached hydrogens (tertiary/aromatic N) is 1. The first-order chi connectivity index (χ1) is 7.85. The van der Waals surface area contributed by atoms with Crippen molar-refractivity contribution in [2.75, 3.05) is 58.9 Å². The van der Waals surface area contributed by atoms with Crippen molar-refractivity contribution in [1.29, 1.82) is 0 Å². The number of rotatable bonds is 12. The molecule has 0 aromatic carbocycles. The van der Waals surface area contributed by atoms with Crippen LogP contribution in [-0.4, -0.2) is 63.8 Å². The molecule has 0 aliphatic rings.